The molecule has 1 heterocycles. The Labute approximate surface area is 111 Å². The van der Waals surface area contributed by atoms with Crippen LogP contribution in [0.2, 0.25) is 0 Å². The second kappa shape index (κ2) is 17.0. The van der Waals surface area contributed by atoms with Crippen molar-refractivity contribution in [3.05, 3.63) is 14.5 Å². The van der Waals surface area contributed by atoms with Gasteiger partial charge in [-0.15, -0.1) is 0 Å². The number of morpholine rings is 1. The van der Waals surface area contributed by atoms with Crippen molar-refractivity contribution in [2.45, 2.75) is 53.8 Å². The topological polar surface area (TPSA) is 12.5 Å². The van der Waals surface area contributed by atoms with Gasteiger partial charge in [-0.2, -0.15) is 0 Å². The monoisotopic (exact) mass is 395 g/mol. The average molecular weight is 394 g/mol. The minimum Gasteiger partial charge on any atom is -0.455 e. The maximum Gasteiger partial charge on any atom is 2.00 e. The first-order valence-electron chi connectivity index (χ1n) is 5.39. The molecule has 15 heavy (non-hydrogen) atoms. The van der Waals surface area contributed by atoms with Crippen molar-refractivity contribution in [1.29, 1.82) is 0 Å². The van der Waals surface area contributed by atoms with Gasteiger partial charge in [-0.05, 0) is 26.9 Å². The first kappa shape index (κ1) is 24.7. The molecule has 2 nitrogen and oxygen atoms in total. The normalized spacial score (nSPS) is 24.2. The Morgan fingerprint density at radius 2 is 1.27 bits per heavy atom. The molecule has 3 heteroatoms. The second-order valence-corrected chi connectivity index (χ2v) is 2.79. The number of hydrogen-bond acceptors (Lipinski definition) is 2. The van der Waals surface area contributed by atoms with E-state index in [1.54, 1.807) is 0 Å². The summed E-state index contributed by atoms with van der Waals surface area (Å²) in [5.41, 5.74) is 0. The number of ether oxygens (including phenoxy) is 1. The summed E-state index contributed by atoms with van der Waals surface area (Å²) in [6.07, 6.45) is 0.706. The van der Waals surface area contributed by atoms with Crippen molar-refractivity contribution in [3.63, 3.8) is 0 Å². The zero-order valence-corrected chi connectivity index (χ0v) is 14.0. The third kappa shape index (κ3) is 14.6. The van der Waals surface area contributed by atoms with Crippen molar-refractivity contribution in [2.24, 2.45) is 0 Å². The van der Waals surface area contributed by atoms with E-state index in [-0.39, 0.29) is 27.2 Å². The first-order chi connectivity index (χ1) is 6.18. The smallest absolute Gasteiger partial charge is 0.455 e. The van der Waals surface area contributed by atoms with E-state index >= 15 is 0 Å². The van der Waals surface area contributed by atoms with Gasteiger partial charge in [0.2, 0.25) is 0 Å². The van der Waals surface area contributed by atoms with Crippen LogP contribution in [0.15, 0.2) is 0 Å². The fourth-order valence-electron chi connectivity index (χ4n) is 1.28. The van der Waals surface area contributed by atoms with Gasteiger partial charge in [-0.25, -0.2) is 0 Å². The minimum absolute atomic E-state index is 0. The Bertz CT molecular complexity index is 76.6. The van der Waals surface area contributed by atoms with Crippen LogP contribution in [-0.2, 0) is 24.5 Å². The molecule has 0 aromatic heterocycles. The van der Waals surface area contributed by atoms with Crippen LogP contribution in [0.4, 0.5) is 0 Å². The van der Waals surface area contributed by atoms with Crippen LogP contribution in [-0.4, -0.2) is 30.2 Å². The van der Waals surface area contributed by atoms with E-state index in [9.17, 15) is 0 Å². The standard InChI is InChI=1S/C7H14NO.2C2H6.CH3.Os/c1-6-4-8(3)5-7(2)9-6;2*1-2;;/h6-7H,3-5H2,1-2H3;2*1-2H3;1H3;/q-1;;;-1;+2. The summed E-state index contributed by atoms with van der Waals surface area (Å²) < 4.78 is 5.47. The molecule has 0 saturated carbocycles. The van der Waals surface area contributed by atoms with Crippen LogP contribution < -0.4 is 0 Å². The zero-order chi connectivity index (χ0) is 10.9. The first-order valence-corrected chi connectivity index (χ1v) is 5.39. The van der Waals surface area contributed by atoms with Gasteiger partial charge in [0.15, 0.2) is 0 Å². The Hall–Kier alpha value is 0.556. The zero-order valence-electron chi connectivity index (χ0n) is 11.5. The van der Waals surface area contributed by atoms with Crippen molar-refractivity contribution < 1.29 is 24.5 Å². The summed E-state index contributed by atoms with van der Waals surface area (Å²) in [5.74, 6) is 0. The third-order valence-electron chi connectivity index (χ3n) is 1.50. The number of rotatable bonds is 0. The molecule has 0 amide bonds. The van der Waals surface area contributed by atoms with Gasteiger partial charge in [0.25, 0.3) is 0 Å². The van der Waals surface area contributed by atoms with Crippen molar-refractivity contribution in [1.82, 2.24) is 4.90 Å². The molecular weight excluding hydrogens is 364 g/mol. The maximum atomic E-state index is 5.47. The Balaban J connectivity index is -0.0000000910. The molecule has 0 aliphatic carbocycles. The van der Waals surface area contributed by atoms with Crippen LogP contribution in [0.5, 0.6) is 0 Å². The van der Waals surface area contributed by atoms with Crippen LogP contribution in [0.1, 0.15) is 41.5 Å². The molecule has 0 spiro atoms. The average Bonchev–Trinajstić information content (AvgIpc) is 2.09. The predicted molar refractivity (Wildman–Crippen MR) is 66.0 cm³/mol. The molecule has 1 rings (SSSR count). The minimum atomic E-state index is 0. The van der Waals surface area contributed by atoms with E-state index in [1.807, 2.05) is 27.7 Å². The van der Waals surface area contributed by atoms with Crippen molar-refractivity contribution in [2.75, 3.05) is 13.1 Å². The Morgan fingerprint density at radius 3 is 1.47 bits per heavy atom. The van der Waals surface area contributed by atoms with Crippen LogP contribution in [0.25, 0.3) is 0 Å². The van der Waals surface area contributed by atoms with E-state index in [4.69, 9.17) is 4.74 Å². The van der Waals surface area contributed by atoms with E-state index in [0.717, 1.165) is 13.1 Å². The fourth-order valence-corrected chi connectivity index (χ4v) is 1.28. The molecule has 0 aromatic carbocycles. The fraction of sp³-hybridized carbons (Fsp3) is 0.833. The van der Waals surface area contributed by atoms with Gasteiger partial charge in [-0.1, -0.05) is 27.7 Å². The third-order valence-corrected chi connectivity index (χ3v) is 1.50. The van der Waals surface area contributed by atoms with Crippen LogP contribution >= 0.6 is 0 Å². The van der Waals surface area contributed by atoms with Gasteiger partial charge in [0.05, 0.1) is 12.2 Å². The van der Waals surface area contributed by atoms with Gasteiger partial charge < -0.3 is 17.1 Å². The summed E-state index contributed by atoms with van der Waals surface area (Å²) >= 11 is 0. The summed E-state index contributed by atoms with van der Waals surface area (Å²) in [5, 5.41) is 0. The van der Waals surface area contributed by atoms with Gasteiger partial charge in [0.1, 0.15) is 0 Å². The van der Waals surface area contributed by atoms with Gasteiger partial charge in [-0.3, -0.25) is 7.05 Å². The molecule has 0 radical (unpaired) electrons. The molecule has 1 saturated heterocycles. The molecule has 2 atom stereocenters. The Kier molecular flexibility index (Phi) is 27.9. The van der Waals surface area contributed by atoms with Crippen molar-refractivity contribution in [3.8, 4) is 0 Å². The van der Waals surface area contributed by atoms with E-state index < -0.39 is 0 Å². The number of nitrogens with zero attached hydrogens (tertiary/aromatic N) is 1. The van der Waals surface area contributed by atoms with E-state index in [0.29, 0.717) is 12.2 Å². The molecule has 0 bridgehead atoms. The summed E-state index contributed by atoms with van der Waals surface area (Å²) in [7, 11) is 3.85. The Morgan fingerprint density at radius 1 is 1.00 bits per heavy atom. The molecule has 96 valence electrons. The van der Waals surface area contributed by atoms with Crippen LogP contribution in [0, 0.1) is 14.5 Å². The second-order valence-electron chi connectivity index (χ2n) is 2.79. The number of hydrogen-bond donors (Lipinski definition) is 0. The van der Waals surface area contributed by atoms with Gasteiger partial charge in [0, 0.05) is 0 Å². The predicted octanol–water partition coefficient (Wildman–Crippen LogP) is 3.39. The molecule has 2 unspecified atom stereocenters. The molecule has 0 aromatic rings. The van der Waals surface area contributed by atoms with Gasteiger partial charge >= 0.3 is 19.8 Å². The molecular formula is C12H29NOOs. The molecule has 0 N–H and O–H groups in total. The molecule has 1 fully saturated rings. The summed E-state index contributed by atoms with van der Waals surface area (Å²) in [4.78, 5) is 2.05. The van der Waals surface area contributed by atoms with Crippen molar-refractivity contribution >= 4 is 0 Å². The van der Waals surface area contributed by atoms with E-state index in [1.165, 1.54) is 0 Å². The largest absolute Gasteiger partial charge is 2.00 e. The summed E-state index contributed by atoms with van der Waals surface area (Å²) in [6.45, 7) is 14.1. The quantitative estimate of drug-likeness (QED) is 0.585. The SMILES string of the molecule is CC.CC.[CH2-]N1CC(C)OC(C)C1.[CH3-].[Os+2]. The maximum absolute atomic E-state index is 5.47. The molecule has 1 aliphatic heterocycles. The van der Waals surface area contributed by atoms with Crippen LogP contribution in [0.3, 0.4) is 0 Å². The molecule has 1 aliphatic rings. The summed E-state index contributed by atoms with van der Waals surface area (Å²) in [6, 6.07) is 0. The van der Waals surface area contributed by atoms with E-state index in [2.05, 4.69) is 25.8 Å².